The molecule has 2 rings (SSSR count). The molecule has 1 heterocycles. The molecule has 1 aliphatic heterocycles. The van der Waals surface area contributed by atoms with Crippen LogP contribution in [-0.2, 0) is 11.3 Å². The van der Waals surface area contributed by atoms with E-state index in [4.69, 9.17) is 21.4 Å². The predicted octanol–water partition coefficient (Wildman–Crippen LogP) is 2.35. The number of hydrogen-bond donors (Lipinski definition) is 2. The number of hydrogen-bond acceptors (Lipinski definition) is 4. The molecule has 0 aromatic heterocycles. The highest BCUT2D eigenvalue weighted by Crippen LogP contribution is 2.29. The number of phenols is 1. The molecule has 1 fully saturated rings. The lowest BCUT2D eigenvalue weighted by atomic mass is 10.1. The average molecular weight is 300 g/mol. The summed E-state index contributed by atoms with van der Waals surface area (Å²) in [5, 5.41) is 19.4. The minimum absolute atomic E-state index is 0.110. The zero-order valence-corrected chi connectivity index (χ0v) is 12.2. The van der Waals surface area contributed by atoms with Crippen molar-refractivity contribution in [3.8, 4) is 5.75 Å². The molecule has 1 aliphatic rings. The monoisotopic (exact) mass is 299 g/mol. The van der Waals surface area contributed by atoms with E-state index in [9.17, 15) is 9.90 Å². The molecule has 0 aliphatic carbocycles. The third-order valence-electron chi connectivity index (χ3n) is 3.27. The van der Waals surface area contributed by atoms with Crippen LogP contribution >= 0.6 is 11.6 Å². The Bertz CT molecular complexity index is 510. The van der Waals surface area contributed by atoms with Gasteiger partial charge in [-0.2, -0.15) is 0 Å². The molecule has 110 valence electrons. The molecular formula is C14H18ClNO4. The number of ether oxygens (including phenoxy) is 1. The summed E-state index contributed by atoms with van der Waals surface area (Å²) in [6, 6.07) is 2.86. The van der Waals surface area contributed by atoms with Crippen molar-refractivity contribution in [2.45, 2.75) is 32.6 Å². The van der Waals surface area contributed by atoms with E-state index in [0.29, 0.717) is 17.1 Å². The van der Waals surface area contributed by atoms with Crippen LogP contribution in [0.25, 0.3) is 0 Å². The van der Waals surface area contributed by atoms with Gasteiger partial charge < -0.3 is 14.9 Å². The van der Waals surface area contributed by atoms with Crippen LogP contribution in [0, 0.1) is 0 Å². The summed E-state index contributed by atoms with van der Waals surface area (Å²) < 4.78 is 5.65. The Balaban J connectivity index is 2.23. The fourth-order valence-corrected chi connectivity index (χ4v) is 2.83. The lowest BCUT2D eigenvalue weighted by Crippen LogP contribution is -2.44. The Morgan fingerprint density at radius 1 is 1.40 bits per heavy atom. The van der Waals surface area contributed by atoms with Gasteiger partial charge in [-0.25, -0.2) is 4.79 Å². The van der Waals surface area contributed by atoms with Crippen LogP contribution in [-0.4, -0.2) is 46.4 Å². The summed E-state index contributed by atoms with van der Waals surface area (Å²) >= 11 is 5.92. The van der Waals surface area contributed by atoms with Gasteiger partial charge in [-0.15, -0.1) is 0 Å². The van der Waals surface area contributed by atoms with Crippen molar-refractivity contribution in [1.29, 1.82) is 0 Å². The molecule has 1 aromatic rings. The molecule has 5 nitrogen and oxygen atoms in total. The van der Waals surface area contributed by atoms with Gasteiger partial charge in [-0.05, 0) is 26.0 Å². The standard InChI is InChI=1S/C14H18ClNO4/c1-8-5-16(6-9(2)20-8)7-10-3-11(15)4-12(13(10)17)14(18)19/h3-4,8-9,17H,5-7H2,1-2H3,(H,18,19)/t8-,9-/m0/s1. The van der Waals surface area contributed by atoms with Crippen LogP contribution in [0.15, 0.2) is 12.1 Å². The first-order chi connectivity index (χ1) is 9.36. The van der Waals surface area contributed by atoms with E-state index in [1.54, 1.807) is 6.07 Å². The molecule has 0 saturated carbocycles. The maximum atomic E-state index is 11.1. The Labute approximate surface area is 122 Å². The summed E-state index contributed by atoms with van der Waals surface area (Å²) in [4.78, 5) is 13.2. The minimum Gasteiger partial charge on any atom is -0.507 e. The molecule has 2 atom stereocenters. The Hall–Kier alpha value is -1.30. The van der Waals surface area contributed by atoms with Gasteiger partial charge in [0.25, 0.3) is 0 Å². The number of rotatable bonds is 3. The van der Waals surface area contributed by atoms with Crippen LogP contribution in [0.5, 0.6) is 5.75 Å². The largest absolute Gasteiger partial charge is 0.507 e. The number of carbonyl (C=O) groups is 1. The highest BCUT2D eigenvalue weighted by molar-refractivity contribution is 6.31. The van der Waals surface area contributed by atoms with Crippen LogP contribution in [0.1, 0.15) is 29.8 Å². The minimum atomic E-state index is -1.19. The number of carboxylic acids is 1. The third kappa shape index (κ3) is 3.42. The number of halogens is 1. The molecule has 1 saturated heterocycles. The first-order valence-electron chi connectivity index (χ1n) is 6.49. The van der Waals surface area contributed by atoms with Crippen molar-refractivity contribution < 1.29 is 19.7 Å². The van der Waals surface area contributed by atoms with Gasteiger partial charge in [-0.3, -0.25) is 4.90 Å². The zero-order valence-electron chi connectivity index (χ0n) is 11.5. The van der Waals surface area contributed by atoms with E-state index in [-0.39, 0.29) is 23.5 Å². The molecule has 0 bridgehead atoms. The summed E-state index contributed by atoms with van der Waals surface area (Å²) in [5.41, 5.74) is 0.359. The highest BCUT2D eigenvalue weighted by Gasteiger charge is 2.24. The van der Waals surface area contributed by atoms with Crippen LogP contribution < -0.4 is 0 Å². The molecule has 0 spiro atoms. The summed E-state index contributed by atoms with van der Waals surface area (Å²) in [7, 11) is 0. The Morgan fingerprint density at radius 2 is 2.00 bits per heavy atom. The highest BCUT2D eigenvalue weighted by atomic mass is 35.5. The second-order valence-corrected chi connectivity index (χ2v) is 5.65. The quantitative estimate of drug-likeness (QED) is 0.896. The summed E-state index contributed by atoms with van der Waals surface area (Å²) in [5.74, 6) is -1.40. The van der Waals surface area contributed by atoms with E-state index in [0.717, 1.165) is 13.1 Å². The van der Waals surface area contributed by atoms with Crippen molar-refractivity contribution in [3.05, 3.63) is 28.3 Å². The van der Waals surface area contributed by atoms with Crippen LogP contribution in [0.3, 0.4) is 0 Å². The molecule has 0 unspecified atom stereocenters. The van der Waals surface area contributed by atoms with Gasteiger partial charge >= 0.3 is 5.97 Å². The lowest BCUT2D eigenvalue weighted by Gasteiger charge is -2.35. The lowest BCUT2D eigenvalue weighted by molar-refractivity contribution is -0.0706. The van der Waals surface area contributed by atoms with E-state index < -0.39 is 5.97 Å². The number of benzene rings is 1. The van der Waals surface area contributed by atoms with Gasteiger partial charge in [0.15, 0.2) is 0 Å². The van der Waals surface area contributed by atoms with Crippen LogP contribution in [0.2, 0.25) is 5.02 Å². The fourth-order valence-electron chi connectivity index (χ4n) is 2.59. The van der Waals surface area contributed by atoms with Gasteiger partial charge in [-0.1, -0.05) is 11.6 Å². The van der Waals surface area contributed by atoms with Crippen molar-refractivity contribution in [3.63, 3.8) is 0 Å². The third-order valence-corrected chi connectivity index (χ3v) is 3.49. The molecule has 0 amide bonds. The first-order valence-corrected chi connectivity index (χ1v) is 6.87. The number of carboxylic acid groups (broad SMARTS) is 1. The molecule has 20 heavy (non-hydrogen) atoms. The number of aromatic hydroxyl groups is 1. The molecule has 0 radical (unpaired) electrons. The van der Waals surface area contributed by atoms with Crippen molar-refractivity contribution in [2.75, 3.05) is 13.1 Å². The van der Waals surface area contributed by atoms with Gasteiger partial charge in [0.2, 0.25) is 0 Å². The second kappa shape index (κ2) is 5.99. The maximum Gasteiger partial charge on any atom is 0.339 e. The number of morpholine rings is 1. The topological polar surface area (TPSA) is 70.0 Å². The molecule has 1 aromatic carbocycles. The summed E-state index contributed by atoms with van der Waals surface area (Å²) in [6.45, 7) is 5.90. The van der Waals surface area contributed by atoms with Crippen molar-refractivity contribution in [1.82, 2.24) is 4.90 Å². The normalized spacial score (nSPS) is 23.8. The Morgan fingerprint density at radius 3 is 2.55 bits per heavy atom. The van der Waals surface area contributed by atoms with Crippen molar-refractivity contribution >= 4 is 17.6 Å². The fraction of sp³-hybridized carbons (Fsp3) is 0.500. The summed E-state index contributed by atoms with van der Waals surface area (Å²) in [6.07, 6.45) is 0.220. The molecule has 2 N–H and O–H groups in total. The van der Waals surface area contributed by atoms with E-state index in [1.807, 2.05) is 13.8 Å². The second-order valence-electron chi connectivity index (χ2n) is 5.22. The zero-order chi connectivity index (χ0) is 14.9. The van der Waals surface area contributed by atoms with Gasteiger partial charge in [0.1, 0.15) is 11.3 Å². The SMILES string of the molecule is C[C@H]1CN(Cc2cc(Cl)cc(C(=O)O)c2O)C[C@H](C)O1. The van der Waals surface area contributed by atoms with E-state index >= 15 is 0 Å². The van der Waals surface area contributed by atoms with Crippen molar-refractivity contribution in [2.24, 2.45) is 0 Å². The van der Waals surface area contributed by atoms with E-state index in [1.165, 1.54) is 6.07 Å². The van der Waals surface area contributed by atoms with Gasteiger partial charge in [0, 0.05) is 30.2 Å². The van der Waals surface area contributed by atoms with E-state index in [2.05, 4.69) is 4.90 Å². The smallest absolute Gasteiger partial charge is 0.339 e. The Kier molecular flexibility index (Phi) is 4.52. The molecule has 6 heteroatoms. The van der Waals surface area contributed by atoms with Crippen LogP contribution in [0.4, 0.5) is 0 Å². The van der Waals surface area contributed by atoms with Gasteiger partial charge in [0.05, 0.1) is 12.2 Å². The maximum absolute atomic E-state index is 11.1. The number of nitrogens with zero attached hydrogens (tertiary/aromatic N) is 1. The predicted molar refractivity (Wildman–Crippen MR) is 75.4 cm³/mol. The average Bonchev–Trinajstić information content (AvgIpc) is 2.31. The molecular weight excluding hydrogens is 282 g/mol. The number of aromatic carboxylic acids is 1. The first kappa shape index (κ1) is 15.1.